The first-order valence-corrected chi connectivity index (χ1v) is 2.76. The molecule has 0 atom stereocenters. The van der Waals surface area contributed by atoms with Crippen molar-refractivity contribution in [2.75, 3.05) is 7.11 Å². The van der Waals surface area contributed by atoms with Gasteiger partial charge >= 0.3 is 0 Å². The fourth-order valence-corrected chi connectivity index (χ4v) is 0.339. The molecule has 0 aliphatic heterocycles. The predicted octanol–water partition coefficient (Wildman–Crippen LogP) is 2.11. The van der Waals surface area contributed by atoms with E-state index in [2.05, 4.69) is 17.7 Å². The molecule has 0 aliphatic rings. The standard InChI is InChI=1S/C7H12O/c1-3-4-5-6-7-8-2/h4-7H,3H2,1-2H3/b5-4+,7-6-. The minimum absolute atomic E-state index is 1.08. The van der Waals surface area contributed by atoms with E-state index in [0.717, 1.165) is 6.42 Å². The second-order valence-electron chi connectivity index (χ2n) is 1.40. The summed E-state index contributed by atoms with van der Waals surface area (Å²) < 4.78 is 4.66. The zero-order chi connectivity index (χ0) is 6.24. The van der Waals surface area contributed by atoms with Crippen LogP contribution in [0.3, 0.4) is 0 Å². The van der Waals surface area contributed by atoms with Crippen molar-refractivity contribution in [1.82, 2.24) is 0 Å². The molecule has 0 fully saturated rings. The summed E-state index contributed by atoms with van der Waals surface area (Å²) >= 11 is 0. The molecule has 0 unspecified atom stereocenters. The quantitative estimate of drug-likeness (QED) is 0.401. The van der Waals surface area contributed by atoms with Crippen molar-refractivity contribution >= 4 is 0 Å². The predicted molar refractivity (Wildman–Crippen MR) is 35.6 cm³/mol. The summed E-state index contributed by atoms with van der Waals surface area (Å²) in [5.74, 6) is 0. The minimum Gasteiger partial charge on any atom is -0.504 e. The van der Waals surface area contributed by atoms with Gasteiger partial charge in [-0.1, -0.05) is 19.1 Å². The van der Waals surface area contributed by atoms with Crippen LogP contribution in [-0.4, -0.2) is 7.11 Å². The van der Waals surface area contributed by atoms with Gasteiger partial charge in [-0.05, 0) is 12.5 Å². The third-order valence-electron chi connectivity index (χ3n) is 0.698. The molecule has 0 spiro atoms. The normalized spacial score (nSPS) is 11.2. The molecule has 0 saturated heterocycles. The molecule has 46 valence electrons. The lowest BCUT2D eigenvalue weighted by molar-refractivity contribution is 0.338. The highest BCUT2D eigenvalue weighted by atomic mass is 16.5. The van der Waals surface area contributed by atoms with E-state index in [-0.39, 0.29) is 0 Å². The van der Waals surface area contributed by atoms with Crippen LogP contribution in [0.15, 0.2) is 24.5 Å². The number of ether oxygens (including phenoxy) is 1. The van der Waals surface area contributed by atoms with Gasteiger partial charge in [-0.25, -0.2) is 0 Å². The van der Waals surface area contributed by atoms with Crippen molar-refractivity contribution in [2.24, 2.45) is 0 Å². The second-order valence-corrected chi connectivity index (χ2v) is 1.40. The third kappa shape index (κ3) is 5.28. The summed E-state index contributed by atoms with van der Waals surface area (Å²) in [5, 5.41) is 0. The van der Waals surface area contributed by atoms with E-state index in [1.54, 1.807) is 13.4 Å². The van der Waals surface area contributed by atoms with Gasteiger partial charge in [0, 0.05) is 0 Å². The number of allylic oxidation sites excluding steroid dienone is 3. The Hall–Kier alpha value is -0.720. The van der Waals surface area contributed by atoms with E-state index in [1.807, 2.05) is 12.2 Å². The number of methoxy groups -OCH3 is 1. The van der Waals surface area contributed by atoms with Gasteiger partial charge in [0.1, 0.15) is 0 Å². The van der Waals surface area contributed by atoms with Crippen LogP contribution < -0.4 is 0 Å². The highest BCUT2D eigenvalue weighted by Crippen LogP contribution is 1.80. The molecule has 1 heteroatoms. The van der Waals surface area contributed by atoms with Gasteiger partial charge in [-0.3, -0.25) is 0 Å². The Labute approximate surface area is 50.7 Å². The third-order valence-corrected chi connectivity index (χ3v) is 0.698. The Morgan fingerprint density at radius 3 is 2.62 bits per heavy atom. The van der Waals surface area contributed by atoms with E-state index >= 15 is 0 Å². The second kappa shape index (κ2) is 6.28. The van der Waals surface area contributed by atoms with Gasteiger partial charge in [-0.15, -0.1) is 0 Å². The molecular formula is C7H12O. The van der Waals surface area contributed by atoms with E-state index < -0.39 is 0 Å². The van der Waals surface area contributed by atoms with Gasteiger partial charge in [0.25, 0.3) is 0 Å². The lowest BCUT2D eigenvalue weighted by atomic mass is 10.4. The van der Waals surface area contributed by atoms with Crippen LogP contribution in [0.25, 0.3) is 0 Å². The fraction of sp³-hybridized carbons (Fsp3) is 0.429. The molecule has 8 heavy (non-hydrogen) atoms. The minimum atomic E-state index is 1.08. The monoisotopic (exact) mass is 112 g/mol. The van der Waals surface area contributed by atoms with E-state index in [1.165, 1.54) is 0 Å². The van der Waals surface area contributed by atoms with Gasteiger partial charge in [-0.2, -0.15) is 0 Å². The molecule has 0 aliphatic carbocycles. The summed E-state index contributed by atoms with van der Waals surface area (Å²) in [6.45, 7) is 2.09. The van der Waals surface area contributed by atoms with Crippen molar-refractivity contribution in [3.63, 3.8) is 0 Å². The molecular weight excluding hydrogens is 100 g/mol. The van der Waals surface area contributed by atoms with Crippen LogP contribution >= 0.6 is 0 Å². The smallest absolute Gasteiger partial charge is 0.0824 e. The number of hydrogen-bond acceptors (Lipinski definition) is 1. The first kappa shape index (κ1) is 7.28. The molecule has 0 heterocycles. The lowest BCUT2D eigenvalue weighted by Crippen LogP contribution is -1.60. The molecule has 0 aromatic heterocycles. The molecule has 0 bridgehead atoms. The Kier molecular flexibility index (Phi) is 5.71. The van der Waals surface area contributed by atoms with Crippen LogP contribution in [0.5, 0.6) is 0 Å². The average molecular weight is 112 g/mol. The molecule has 0 saturated carbocycles. The molecule has 0 rings (SSSR count). The Bertz CT molecular complexity index is 70.4. The summed E-state index contributed by atoms with van der Waals surface area (Å²) in [4.78, 5) is 0. The van der Waals surface area contributed by atoms with Crippen molar-refractivity contribution in [3.05, 3.63) is 24.5 Å². The molecule has 1 nitrogen and oxygen atoms in total. The van der Waals surface area contributed by atoms with Crippen LogP contribution in [-0.2, 0) is 4.74 Å². The zero-order valence-electron chi connectivity index (χ0n) is 5.42. The summed E-state index contributed by atoms with van der Waals surface area (Å²) in [6.07, 6.45) is 8.61. The summed E-state index contributed by atoms with van der Waals surface area (Å²) in [7, 11) is 1.64. The first-order chi connectivity index (χ1) is 3.91. The summed E-state index contributed by atoms with van der Waals surface area (Å²) in [6, 6.07) is 0. The van der Waals surface area contributed by atoms with Gasteiger partial charge in [0.05, 0.1) is 13.4 Å². The van der Waals surface area contributed by atoms with Crippen molar-refractivity contribution in [1.29, 1.82) is 0 Å². The zero-order valence-corrected chi connectivity index (χ0v) is 5.42. The largest absolute Gasteiger partial charge is 0.504 e. The molecule has 0 aromatic carbocycles. The van der Waals surface area contributed by atoms with Crippen molar-refractivity contribution < 1.29 is 4.74 Å². The maximum atomic E-state index is 4.66. The maximum Gasteiger partial charge on any atom is 0.0824 e. The van der Waals surface area contributed by atoms with Crippen molar-refractivity contribution in [2.45, 2.75) is 13.3 Å². The van der Waals surface area contributed by atoms with E-state index in [4.69, 9.17) is 0 Å². The highest BCUT2D eigenvalue weighted by molar-refractivity contribution is 4.98. The van der Waals surface area contributed by atoms with Crippen LogP contribution in [0.2, 0.25) is 0 Å². The average Bonchev–Trinajstić information content (AvgIpc) is 1.81. The number of hydrogen-bond donors (Lipinski definition) is 0. The fourth-order valence-electron chi connectivity index (χ4n) is 0.339. The van der Waals surface area contributed by atoms with Crippen LogP contribution in [0.1, 0.15) is 13.3 Å². The van der Waals surface area contributed by atoms with Gasteiger partial charge in [0.2, 0.25) is 0 Å². The van der Waals surface area contributed by atoms with E-state index in [0.29, 0.717) is 0 Å². The lowest BCUT2D eigenvalue weighted by Gasteiger charge is -1.79. The van der Waals surface area contributed by atoms with Gasteiger partial charge < -0.3 is 4.74 Å². The highest BCUT2D eigenvalue weighted by Gasteiger charge is 1.61. The van der Waals surface area contributed by atoms with E-state index in [9.17, 15) is 0 Å². The van der Waals surface area contributed by atoms with Gasteiger partial charge in [0.15, 0.2) is 0 Å². The molecule has 0 amide bonds. The Morgan fingerprint density at radius 2 is 2.12 bits per heavy atom. The topological polar surface area (TPSA) is 9.23 Å². The first-order valence-electron chi connectivity index (χ1n) is 2.76. The number of rotatable bonds is 3. The van der Waals surface area contributed by atoms with Crippen LogP contribution in [0.4, 0.5) is 0 Å². The Balaban J connectivity index is 3.13. The molecule has 0 radical (unpaired) electrons. The maximum absolute atomic E-state index is 4.66. The molecule has 0 N–H and O–H groups in total. The van der Waals surface area contributed by atoms with Crippen LogP contribution in [0, 0.1) is 0 Å². The molecule has 0 aromatic rings. The summed E-state index contributed by atoms with van der Waals surface area (Å²) in [5.41, 5.74) is 0. The SMILES string of the molecule is CC/C=C/C=C\OC. The van der Waals surface area contributed by atoms with Crippen molar-refractivity contribution in [3.8, 4) is 0 Å². The Morgan fingerprint density at radius 1 is 1.38 bits per heavy atom.